The van der Waals surface area contributed by atoms with Gasteiger partial charge in [-0.15, -0.1) is 0 Å². The van der Waals surface area contributed by atoms with Crippen molar-refractivity contribution in [2.24, 2.45) is 11.7 Å². The molecule has 3 heteroatoms. The van der Waals surface area contributed by atoms with Gasteiger partial charge >= 0.3 is 0 Å². The molecular formula is C13H26N2O. The van der Waals surface area contributed by atoms with Crippen LogP contribution in [0.3, 0.4) is 0 Å². The van der Waals surface area contributed by atoms with Crippen LogP contribution in [0.2, 0.25) is 0 Å². The van der Waals surface area contributed by atoms with Crippen molar-refractivity contribution in [1.82, 2.24) is 4.90 Å². The first kappa shape index (κ1) is 13.5. The van der Waals surface area contributed by atoms with E-state index in [0.29, 0.717) is 12.3 Å². The lowest BCUT2D eigenvalue weighted by molar-refractivity contribution is -0.140. The second kappa shape index (κ2) is 5.67. The van der Waals surface area contributed by atoms with Gasteiger partial charge < -0.3 is 10.6 Å². The Morgan fingerprint density at radius 2 is 1.94 bits per heavy atom. The maximum atomic E-state index is 11.8. The molecule has 3 nitrogen and oxygen atoms in total. The number of unbranched alkanes of at least 4 members (excludes halogenated alkanes) is 3. The lowest BCUT2D eigenvalue weighted by atomic mass is 9.80. The molecule has 0 atom stereocenters. The predicted octanol–water partition coefficient (Wildman–Crippen LogP) is 2.15. The maximum absolute atomic E-state index is 11.8. The molecule has 0 aromatic rings. The third kappa shape index (κ3) is 3.21. The molecule has 0 unspecified atom stereocenters. The van der Waals surface area contributed by atoms with Crippen molar-refractivity contribution < 1.29 is 4.79 Å². The third-order valence-electron chi connectivity index (χ3n) is 3.72. The van der Waals surface area contributed by atoms with Crippen molar-refractivity contribution in [3.63, 3.8) is 0 Å². The van der Waals surface area contributed by atoms with Gasteiger partial charge in [-0.3, -0.25) is 4.79 Å². The maximum Gasteiger partial charge on any atom is 0.222 e. The fourth-order valence-electron chi connectivity index (χ4n) is 2.07. The summed E-state index contributed by atoms with van der Waals surface area (Å²) in [5.41, 5.74) is 6.03. The molecule has 16 heavy (non-hydrogen) atoms. The van der Waals surface area contributed by atoms with Gasteiger partial charge in [0, 0.05) is 19.5 Å². The van der Waals surface area contributed by atoms with E-state index in [1.165, 1.54) is 19.3 Å². The quantitative estimate of drug-likeness (QED) is 0.705. The van der Waals surface area contributed by atoms with Gasteiger partial charge in [0.1, 0.15) is 0 Å². The molecule has 1 aliphatic rings. The number of likely N-dealkylation sites (tertiary alicyclic amines) is 1. The van der Waals surface area contributed by atoms with Crippen LogP contribution >= 0.6 is 0 Å². The van der Waals surface area contributed by atoms with Gasteiger partial charge in [0.2, 0.25) is 5.91 Å². The zero-order chi connectivity index (χ0) is 12.2. The molecule has 94 valence electrons. The Balaban J connectivity index is 2.17. The minimum absolute atomic E-state index is 0.126. The Morgan fingerprint density at radius 1 is 1.31 bits per heavy atom. The van der Waals surface area contributed by atoms with Crippen LogP contribution in [-0.2, 0) is 4.79 Å². The Morgan fingerprint density at radius 3 is 2.44 bits per heavy atom. The molecule has 1 amide bonds. The van der Waals surface area contributed by atoms with E-state index >= 15 is 0 Å². The molecule has 0 saturated carbocycles. The van der Waals surface area contributed by atoms with E-state index in [2.05, 4.69) is 20.8 Å². The SMILES string of the molecule is CCCCCCC(=O)N1CC(N)(C(C)C)C1. The van der Waals surface area contributed by atoms with Crippen LogP contribution in [0.4, 0.5) is 0 Å². The first-order valence-electron chi connectivity index (χ1n) is 6.56. The molecule has 0 aromatic heterocycles. The molecule has 1 heterocycles. The third-order valence-corrected chi connectivity index (χ3v) is 3.72. The highest BCUT2D eigenvalue weighted by molar-refractivity contribution is 5.77. The van der Waals surface area contributed by atoms with Gasteiger partial charge in [0.15, 0.2) is 0 Å². The van der Waals surface area contributed by atoms with Gasteiger partial charge in [0.05, 0.1) is 5.54 Å². The fourth-order valence-corrected chi connectivity index (χ4v) is 2.07. The Kier molecular flexibility index (Phi) is 4.78. The number of hydrogen-bond acceptors (Lipinski definition) is 2. The zero-order valence-corrected chi connectivity index (χ0v) is 11.0. The Bertz CT molecular complexity index is 232. The van der Waals surface area contributed by atoms with E-state index < -0.39 is 0 Å². The van der Waals surface area contributed by atoms with Crippen LogP contribution in [0.25, 0.3) is 0 Å². The van der Waals surface area contributed by atoms with Crippen molar-refractivity contribution in [3.8, 4) is 0 Å². The summed E-state index contributed by atoms with van der Waals surface area (Å²) in [6.07, 6.45) is 5.36. The second-order valence-electron chi connectivity index (χ2n) is 5.45. The average Bonchev–Trinajstić information content (AvgIpc) is 2.19. The van der Waals surface area contributed by atoms with Crippen LogP contribution in [0.15, 0.2) is 0 Å². The molecule has 0 aromatic carbocycles. The lowest BCUT2D eigenvalue weighted by Gasteiger charge is -2.50. The van der Waals surface area contributed by atoms with Crippen LogP contribution in [0.1, 0.15) is 52.9 Å². The highest BCUT2D eigenvalue weighted by Crippen LogP contribution is 2.26. The topological polar surface area (TPSA) is 46.3 Å². The summed E-state index contributed by atoms with van der Waals surface area (Å²) in [6.45, 7) is 7.93. The molecular weight excluding hydrogens is 200 g/mol. The smallest absolute Gasteiger partial charge is 0.222 e. The molecule has 1 saturated heterocycles. The van der Waals surface area contributed by atoms with Gasteiger partial charge in [0.25, 0.3) is 0 Å². The number of amides is 1. The largest absolute Gasteiger partial charge is 0.339 e. The highest BCUT2D eigenvalue weighted by Gasteiger charge is 2.43. The van der Waals surface area contributed by atoms with E-state index in [0.717, 1.165) is 19.5 Å². The summed E-state index contributed by atoms with van der Waals surface area (Å²) >= 11 is 0. The average molecular weight is 226 g/mol. The number of carbonyl (C=O) groups excluding carboxylic acids is 1. The summed E-state index contributed by atoms with van der Waals surface area (Å²) in [5, 5.41) is 0. The summed E-state index contributed by atoms with van der Waals surface area (Å²) in [4.78, 5) is 13.7. The number of nitrogens with zero attached hydrogens (tertiary/aromatic N) is 1. The van der Waals surface area contributed by atoms with E-state index in [1.54, 1.807) is 0 Å². The van der Waals surface area contributed by atoms with Gasteiger partial charge in [-0.05, 0) is 12.3 Å². The van der Waals surface area contributed by atoms with Gasteiger partial charge in [-0.2, -0.15) is 0 Å². The van der Waals surface area contributed by atoms with Crippen molar-refractivity contribution in [2.75, 3.05) is 13.1 Å². The molecule has 0 spiro atoms. The van der Waals surface area contributed by atoms with Gasteiger partial charge in [-0.25, -0.2) is 0 Å². The van der Waals surface area contributed by atoms with Crippen LogP contribution in [0, 0.1) is 5.92 Å². The number of rotatable bonds is 6. The minimum atomic E-state index is -0.126. The van der Waals surface area contributed by atoms with Gasteiger partial charge in [-0.1, -0.05) is 40.0 Å². The standard InChI is InChI=1S/C13H26N2O/c1-4-5-6-7-8-12(16)15-9-13(14,10-15)11(2)3/h11H,4-10,14H2,1-3H3. The highest BCUT2D eigenvalue weighted by atomic mass is 16.2. The molecule has 2 N–H and O–H groups in total. The Hall–Kier alpha value is -0.570. The van der Waals surface area contributed by atoms with Crippen molar-refractivity contribution >= 4 is 5.91 Å². The first-order chi connectivity index (χ1) is 7.49. The fraction of sp³-hybridized carbons (Fsp3) is 0.923. The normalized spacial score (nSPS) is 18.7. The lowest BCUT2D eigenvalue weighted by Crippen LogP contribution is -2.71. The summed E-state index contributed by atoms with van der Waals surface area (Å²) in [6, 6.07) is 0. The van der Waals surface area contributed by atoms with E-state index in [-0.39, 0.29) is 11.4 Å². The summed E-state index contributed by atoms with van der Waals surface area (Å²) in [5.74, 6) is 0.745. The minimum Gasteiger partial charge on any atom is -0.339 e. The van der Waals surface area contributed by atoms with E-state index in [1.807, 2.05) is 4.90 Å². The van der Waals surface area contributed by atoms with Crippen molar-refractivity contribution in [3.05, 3.63) is 0 Å². The summed E-state index contributed by atoms with van der Waals surface area (Å²) < 4.78 is 0. The molecule has 0 aliphatic carbocycles. The Labute approximate surface area is 99.4 Å². The van der Waals surface area contributed by atoms with E-state index in [9.17, 15) is 4.79 Å². The van der Waals surface area contributed by atoms with Crippen molar-refractivity contribution in [2.45, 2.75) is 58.4 Å². The number of nitrogens with two attached hydrogens (primary N) is 1. The number of carbonyl (C=O) groups is 1. The molecule has 1 aliphatic heterocycles. The zero-order valence-electron chi connectivity index (χ0n) is 11.0. The first-order valence-corrected chi connectivity index (χ1v) is 6.56. The van der Waals surface area contributed by atoms with Crippen LogP contribution in [0.5, 0.6) is 0 Å². The van der Waals surface area contributed by atoms with Crippen molar-refractivity contribution in [1.29, 1.82) is 0 Å². The van der Waals surface area contributed by atoms with Crippen LogP contribution < -0.4 is 5.73 Å². The monoisotopic (exact) mass is 226 g/mol. The summed E-state index contributed by atoms with van der Waals surface area (Å²) in [7, 11) is 0. The molecule has 1 rings (SSSR count). The molecule has 0 bridgehead atoms. The second-order valence-corrected chi connectivity index (χ2v) is 5.45. The van der Waals surface area contributed by atoms with E-state index in [4.69, 9.17) is 5.73 Å². The molecule has 1 fully saturated rings. The number of hydrogen-bond donors (Lipinski definition) is 1. The molecule has 0 radical (unpaired) electrons. The predicted molar refractivity (Wildman–Crippen MR) is 67.1 cm³/mol. The van der Waals surface area contributed by atoms with Crippen LogP contribution in [-0.4, -0.2) is 29.4 Å².